The Balaban J connectivity index is 1.43. The van der Waals surface area contributed by atoms with Crippen LogP contribution < -0.4 is 14.8 Å². The van der Waals surface area contributed by atoms with Crippen LogP contribution in [0.15, 0.2) is 48.7 Å². The highest BCUT2D eigenvalue weighted by molar-refractivity contribution is 5.80. The van der Waals surface area contributed by atoms with Crippen molar-refractivity contribution in [1.29, 1.82) is 0 Å². The molecule has 4 rings (SSSR count). The third-order valence-electron chi connectivity index (χ3n) is 5.32. The zero-order valence-electron chi connectivity index (χ0n) is 15.7. The first-order valence-corrected chi connectivity index (χ1v) is 9.27. The monoisotopic (exact) mass is 364 g/mol. The Morgan fingerprint density at radius 3 is 2.74 bits per heavy atom. The van der Waals surface area contributed by atoms with E-state index in [1.807, 2.05) is 30.5 Å². The summed E-state index contributed by atoms with van der Waals surface area (Å²) in [5.41, 5.74) is 3.51. The molecule has 0 saturated carbocycles. The van der Waals surface area contributed by atoms with Crippen LogP contribution >= 0.6 is 0 Å². The molecule has 0 bridgehead atoms. The van der Waals surface area contributed by atoms with Gasteiger partial charge in [0.25, 0.3) is 0 Å². The van der Waals surface area contributed by atoms with E-state index in [1.54, 1.807) is 14.2 Å². The van der Waals surface area contributed by atoms with Crippen molar-refractivity contribution in [1.82, 2.24) is 9.88 Å². The van der Waals surface area contributed by atoms with Crippen LogP contribution in [-0.4, -0.2) is 24.7 Å². The van der Waals surface area contributed by atoms with Crippen LogP contribution in [0.25, 0.3) is 10.9 Å². The molecule has 0 aliphatic heterocycles. The minimum Gasteiger partial charge on any atom is -0.493 e. The van der Waals surface area contributed by atoms with Crippen molar-refractivity contribution in [3.05, 3.63) is 59.8 Å². The van der Waals surface area contributed by atoms with Crippen molar-refractivity contribution >= 4 is 16.8 Å². The molecule has 1 aromatic heterocycles. The molecule has 1 aliphatic carbocycles. The average molecular weight is 364 g/mol. The van der Waals surface area contributed by atoms with Crippen LogP contribution in [0.2, 0.25) is 0 Å². The molecule has 3 aromatic rings. The fourth-order valence-corrected chi connectivity index (χ4v) is 3.91. The lowest BCUT2D eigenvalue weighted by molar-refractivity contribution is -0.122. The van der Waals surface area contributed by atoms with Crippen molar-refractivity contribution in [2.75, 3.05) is 14.2 Å². The number of hydrogen-bond donors (Lipinski definition) is 1. The Bertz CT molecular complexity index is 977. The quantitative estimate of drug-likeness (QED) is 0.723. The number of hydrogen-bond acceptors (Lipinski definition) is 3. The Hall–Kier alpha value is -2.95. The molecular weight excluding hydrogens is 340 g/mol. The van der Waals surface area contributed by atoms with Crippen molar-refractivity contribution in [3.63, 3.8) is 0 Å². The number of rotatable bonds is 6. The van der Waals surface area contributed by atoms with E-state index in [9.17, 15) is 4.79 Å². The molecule has 1 unspecified atom stereocenters. The summed E-state index contributed by atoms with van der Waals surface area (Å²) < 4.78 is 12.9. The summed E-state index contributed by atoms with van der Waals surface area (Å²) in [7, 11) is 3.28. The Morgan fingerprint density at radius 2 is 1.93 bits per heavy atom. The van der Waals surface area contributed by atoms with Crippen molar-refractivity contribution in [2.24, 2.45) is 0 Å². The van der Waals surface area contributed by atoms with E-state index in [1.165, 1.54) is 10.9 Å². The molecule has 2 aromatic carbocycles. The molecule has 0 saturated heterocycles. The highest BCUT2D eigenvalue weighted by atomic mass is 16.5. The van der Waals surface area contributed by atoms with E-state index in [2.05, 4.69) is 28.1 Å². The van der Waals surface area contributed by atoms with E-state index < -0.39 is 0 Å². The lowest BCUT2D eigenvalue weighted by Gasteiger charge is -2.16. The molecule has 0 spiro atoms. The first kappa shape index (κ1) is 17.5. The summed E-state index contributed by atoms with van der Waals surface area (Å²) >= 11 is 0. The number of benzene rings is 2. The molecule has 5 heteroatoms. The number of methoxy groups -OCH3 is 2. The summed E-state index contributed by atoms with van der Waals surface area (Å²) in [5, 5.41) is 4.38. The highest BCUT2D eigenvalue weighted by Gasteiger charge is 2.26. The molecular formula is C22H24N2O3. The number of para-hydroxylation sites is 1. The van der Waals surface area contributed by atoms with Gasteiger partial charge in [-0.1, -0.05) is 18.2 Å². The van der Waals surface area contributed by atoms with E-state index in [4.69, 9.17) is 9.47 Å². The number of aromatic nitrogens is 1. The standard InChI is InChI=1S/C22H24N2O3/c1-26-20-13-16-7-8-18(17(16)14-21(20)27-2)23-22(25)10-12-24-11-9-15-5-3-4-6-19(15)24/h3-6,9,11,13-14,18H,7-8,10,12H2,1-2H3,(H,23,25). The van der Waals surface area contributed by atoms with Crippen LogP contribution in [0.4, 0.5) is 0 Å². The maximum absolute atomic E-state index is 12.5. The second-order valence-electron chi connectivity index (χ2n) is 6.88. The van der Waals surface area contributed by atoms with E-state index >= 15 is 0 Å². The van der Waals surface area contributed by atoms with E-state index in [0.29, 0.717) is 18.7 Å². The number of aryl methyl sites for hydroxylation is 2. The van der Waals surface area contributed by atoms with Gasteiger partial charge in [-0.15, -0.1) is 0 Å². The average Bonchev–Trinajstić information content (AvgIpc) is 3.29. The van der Waals surface area contributed by atoms with Gasteiger partial charge in [-0.3, -0.25) is 4.79 Å². The zero-order chi connectivity index (χ0) is 18.8. The van der Waals surface area contributed by atoms with Gasteiger partial charge in [0, 0.05) is 24.7 Å². The zero-order valence-corrected chi connectivity index (χ0v) is 15.7. The maximum atomic E-state index is 12.5. The number of carbonyl (C=O) groups excluding carboxylic acids is 1. The second kappa shape index (κ2) is 7.35. The summed E-state index contributed by atoms with van der Waals surface area (Å²) in [6.45, 7) is 0.671. The molecule has 27 heavy (non-hydrogen) atoms. The topological polar surface area (TPSA) is 52.5 Å². The summed E-state index contributed by atoms with van der Waals surface area (Å²) in [6.07, 6.45) is 4.34. The van der Waals surface area contributed by atoms with Crippen LogP contribution in [0.1, 0.15) is 30.0 Å². The molecule has 1 N–H and O–H groups in total. The Morgan fingerprint density at radius 1 is 1.15 bits per heavy atom. The van der Waals surface area contributed by atoms with Crippen molar-refractivity contribution in [3.8, 4) is 11.5 Å². The van der Waals surface area contributed by atoms with Gasteiger partial charge in [0.15, 0.2) is 11.5 Å². The van der Waals surface area contributed by atoms with Crippen molar-refractivity contribution in [2.45, 2.75) is 31.8 Å². The first-order valence-electron chi connectivity index (χ1n) is 9.27. The molecule has 1 aliphatic rings. The molecule has 1 atom stereocenters. The highest BCUT2D eigenvalue weighted by Crippen LogP contribution is 2.39. The van der Waals surface area contributed by atoms with Gasteiger partial charge < -0.3 is 19.4 Å². The third kappa shape index (κ3) is 3.37. The van der Waals surface area contributed by atoms with Gasteiger partial charge in [-0.2, -0.15) is 0 Å². The largest absolute Gasteiger partial charge is 0.493 e. The van der Waals surface area contributed by atoms with Gasteiger partial charge in [0.05, 0.1) is 20.3 Å². The number of carbonyl (C=O) groups is 1. The minimum absolute atomic E-state index is 0.0358. The van der Waals surface area contributed by atoms with Crippen LogP contribution in [0, 0.1) is 0 Å². The molecule has 140 valence electrons. The van der Waals surface area contributed by atoms with Crippen LogP contribution in [0.5, 0.6) is 11.5 Å². The fourth-order valence-electron chi connectivity index (χ4n) is 3.91. The normalized spacial score (nSPS) is 15.6. The number of amides is 1. The second-order valence-corrected chi connectivity index (χ2v) is 6.88. The molecule has 0 radical (unpaired) electrons. The summed E-state index contributed by atoms with van der Waals surface area (Å²) in [6, 6.07) is 14.4. The summed E-state index contributed by atoms with van der Waals surface area (Å²) in [4.78, 5) is 12.5. The number of nitrogens with one attached hydrogen (secondary N) is 1. The van der Waals surface area contributed by atoms with Crippen LogP contribution in [-0.2, 0) is 17.8 Å². The van der Waals surface area contributed by atoms with Crippen LogP contribution in [0.3, 0.4) is 0 Å². The van der Waals surface area contributed by atoms with Gasteiger partial charge in [0.2, 0.25) is 5.91 Å². The fraction of sp³-hybridized carbons (Fsp3) is 0.318. The molecule has 1 heterocycles. The number of fused-ring (bicyclic) bond motifs is 2. The number of ether oxygens (including phenoxy) is 2. The van der Waals surface area contributed by atoms with Gasteiger partial charge in [-0.05, 0) is 53.6 Å². The molecule has 5 nitrogen and oxygen atoms in total. The van der Waals surface area contributed by atoms with Gasteiger partial charge in [0.1, 0.15) is 0 Å². The van der Waals surface area contributed by atoms with E-state index in [-0.39, 0.29) is 11.9 Å². The maximum Gasteiger partial charge on any atom is 0.222 e. The molecule has 1 amide bonds. The predicted octanol–water partition coefficient (Wildman–Crippen LogP) is 3.85. The third-order valence-corrected chi connectivity index (χ3v) is 5.32. The van der Waals surface area contributed by atoms with Gasteiger partial charge in [-0.25, -0.2) is 0 Å². The first-order chi connectivity index (χ1) is 13.2. The lowest BCUT2D eigenvalue weighted by atomic mass is 10.1. The summed E-state index contributed by atoms with van der Waals surface area (Å²) in [5.74, 6) is 1.51. The Kier molecular flexibility index (Phi) is 4.75. The van der Waals surface area contributed by atoms with Crippen molar-refractivity contribution < 1.29 is 14.3 Å². The van der Waals surface area contributed by atoms with Gasteiger partial charge >= 0.3 is 0 Å². The lowest BCUT2D eigenvalue weighted by Crippen LogP contribution is -2.27. The van der Waals surface area contributed by atoms with E-state index in [0.717, 1.165) is 29.7 Å². The Labute approximate surface area is 158 Å². The predicted molar refractivity (Wildman–Crippen MR) is 105 cm³/mol. The SMILES string of the molecule is COc1cc2c(cc1OC)C(NC(=O)CCn1ccc3ccccc31)CC2. The molecule has 0 fully saturated rings. The smallest absolute Gasteiger partial charge is 0.222 e. The minimum atomic E-state index is 0.0358. The number of nitrogens with zero attached hydrogens (tertiary/aromatic N) is 1.